The summed E-state index contributed by atoms with van der Waals surface area (Å²) in [6.45, 7) is 4.33. The Bertz CT molecular complexity index is 794. The number of ether oxygens (including phenoxy) is 1. The highest BCUT2D eigenvalue weighted by atomic mass is 16.5. The molecule has 1 aliphatic rings. The molecule has 7 nitrogen and oxygen atoms in total. The minimum absolute atomic E-state index is 0.0117. The lowest BCUT2D eigenvalue weighted by molar-refractivity contribution is -0.136. The molecule has 1 unspecified atom stereocenters. The Hall–Kier alpha value is -2.83. The van der Waals surface area contributed by atoms with Crippen molar-refractivity contribution in [2.75, 3.05) is 19.0 Å². The summed E-state index contributed by atoms with van der Waals surface area (Å²) in [5.74, 6) is 1.31. The van der Waals surface area contributed by atoms with Crippen LogP contribution in [0.5, 0.6) is 5.75 Å². The highest BCUT2D eigenvalue weighted by Crippen LogP contribution is 2.23. The Kier molecular flexibility index (Phi) is 5.78. The second-order valence-electron chi connectivity index (χ2n) is 6.77. The Balaban J connectivity index is 1.59. The third-order valence-corrected chi connectivity index (χ3v) is 5.00. The van der Waals surface area contributed by atoms with E-state index >= 15 is 0 Å². The van der Waals surface area contributed by atoms with Crippen LogP contribution in [-0.2, 0) is 16.0 Å². The van der Waals surface area contributed by atoms with Crippen molar-refractivity contribution in [3.63, 3.8) is 0 Å². The minimum Gasteiger partial charge on any atom is -0.497 e. The number of hydrogen-bond acceptors (Lipinski definition) is 5. The quantitative estimate of drug-likeness (QED) is 0.844. The molecule has 7 heteroatoms. The summed E-state index contributed by atoms with van der Waals surface area (Å²) in [5, 5.41) is 6.82. The molecule has 144 valence electrons. The first-order chi connectivity index (χ1) is 13.0. The second-order valence-corrected chi connectivity index (χ2v) is 6.77. The molecule has 0 spiro atoms. The number of hydrogen-bond donors (Lipinski definition) is 1. The molecule has 0 aliphatic carbocycles. The van der Waals surface area contributed by atoms with Crippen LogP contribution in [0.3, 0.4) is 0 Å². The topological polar surface area (TPSA) is 84.7 Å². The van der Waals surface area contributed by atoms with Crippen molar-refractivity contribution >= 4 is 17.5 Å². The lowest BCUT2D eigenvalue weighted by atomic mass is 10.1. The molecule has 1 aromatic heterocycles. The molecule has 1 atom stereocenters. The van der Waals surface area contributed by atoms with E-state index in [-0.39, 0.29) is 11.8 Å². The maximum Gasteiger partial charge on any atom is 0.247 e. The van der Waals surface area contributed by atoms with E-state index in [1.54, 1.807) is 36.3 Å². The van der Waals surface area contributed by atoms with Gasteiger partial charge in [-0.1, -0.05) is 5.16 Å². The summed E-state index contributed by atoms with van der Waals surface area (Å²) in [6, 6.07) is 6.72. The van der Waals surface area contributed by atoms with Gasteiger partial charge >= 0.3 is 0 Å². The van der Waals surface area contributed by atoms with Crippen LogP contribution in [0.1, 0.15) is 36.3 Å². The Morgan fingerprint density at radius 3 is 2.67 bits per heavy atom. The van der Waals surface area contributed by atoms with Gasteiger partial charge in [-0.3, -0.25) is 9.59 Å². The normalized spacial score (nSPS) is 16.4. The first-order valence-electron chi connectivity index (χ1n) is 9.15. The third-order valence-electron chi connectivity index (χ3n) is 5.00. The monoisotopic (exact) mass is 371 g/mol. The zero-order chi connectivity index (χ0) is 19.4. The SMILES string of the molecule is COc1ccc(NC(=O)C2CCCN2C(=O)CCc2c(C)noc2C)cc1. The predicted octanol–water partition coefficient (Wildman–Crippen LogP) is 2.86. The molecule has 1 N–H and O–H groups in total. The van der Waals surface area contributed by atoms with Crippen LogP contribution in [0.25, 0.3) is 0 Å². The Labute approximate surface area is 158 Å². The summed E-state index contributed by atoms with van der Waals surface area (Å²) in [4.78, 5) is 27.0. The molecule has 0 bridgehead atoms. The molecule has 2 heterocycles. The molecular weight excluding hydrogens is 346 g/mol. The summed E-state index contributed by atoms with van der Waals surface area (Å²) in [6.07, 6.45) is 2.43. The van der Waals surface area contributed by atoms with Gasteiger partial charge in [-0.25, -0.2) is 0 Å². The zero-order valence-corrected chi connectivity index (χ0v) is 15.9. The smallest absolute Gasteiger partial charge is 0.247 e. The summed E-state index contributed by atoms with van der Waals surface area (Å²) < 4.78 is 10.3. The first-order valence-corrected chi connectivity index (χ1v) is 9.15. The summed E-state index contributed by atoms with van der Waals surface area (Å²) in [5.41, 5.74) is 2.48. The summed E-state index contributed by atoms with van der Waals surface area (Å²) in [7, 11) is 1.60. The Morgan fingerprint density at radius 2 is 2.04 bits per heavy atom. The van der Waals surface area contributed by atoms with E-state index in [0.717, 1.165) is 29.2 Å². The number of anilines is 1. The van der Waals surface area contributed by atoms with Crippen molar-refractivity contribution in [2.45, 2.75) is 45.6 Å². The van der Waals surface area contributed by atoms with Crippen LogP contribution < -0.4 is 10.1 Å². The van der Waals surface area contributed by atoms with Gasteiger partial charge in [0.25, 0.3) is 0 Å². The fourth-order valence-electron chi connectivity index (χ4n) is 3.47. The molecule has 2 amide bonds. The van der Waals surface area contributed by atoms with Crippen LogP contribution >= 0.6 is 0 Å². The number of benzene rings is 1. The Morgan fingerprint density at radius 1 is 1.30 bits per heavy atom. The average molecular weight is 371 g/mol. The van der Waals surface area contributed by atoms with E-state index in [4.69, 9.17) is 9.26 Å². The number of aromatic nitrogens is 1. The molecule has 1 fully saturated rings. The van der Waals surface area contributed by atoms with Crippen LogP contribution in [0.2, 0.25) is 0 Å². The molecule has 1 saturated heterocycles. The van der Waals surface area contributed by atoms with E-state index in [9.17, 15) is 9.59 Å². The number of nitrogens with zero attached hydrogens (tertiary/aromatic N) is 2. The van der Waals surface area contributed by atoms with Crippen LogP contribution in [0, 0.1) is 13.8 Å². The van der Waals surface area contributed by atoms with Crippen molar-refractivity contribution in [1.82, 2.24) is 10.1 Å². The maximum absolute atomic E-state index is 12.7. The van der Waals surface area contributed by atoms with E-state index in [2.05, 4.69) is 10.5 Å². The number of methoxy groups -OCH3 is 1. The van der Waals surface area contributed by atoms with Crippen molar-refractivity contribution in [3.05, 3.63) is 41.3 Å². The van der Waals surface area contributed by atoms with Crippen LogP contribution in [0.15, 0.2) is 28.8 Å². The number of aryl methyl sites for hydroxylation is 2. The van der Waals surface area contributed by atoms with Gasteiger partial charge in [-0.05, 0) is 57.4 Å². The van der Waals surface area contributed by atoms with Crippen molar-refractivity contribution in [1.29, 1.82) is 0 Å². The fraction of sp³-hybridized carbons (Fsp3) is 0.450. The number of carbonyl (C=O) groups is 2. The molecule has 1 aliphatic heterocycles. The van der Waals surface area contributed by atoms with Crippen LogP contribution in [-0.4, -0.2) is 41.6 Å². The van der Waals surface area contributed by atoms with Gasteiger partial charge in [0, 0.05) is 24.2 Å². The van der Waals surface area contributed by atoms with Gasteiger partial charge in [0.15, 0.2) is 0 Å². The number of nitrogens with one attached hydrogen (secondary N) is 1. The van der Waals surface area contributed by atoms with E-state index < -0.39 is 6.04 Å². The van der Waals surface area contributed by atoms with Crippen LogP contribution in [0.4, 0.5) is 5.69 Å². The van der Waals surface area contributed by atoms with Gasteiger partial charge in [-0.15, -0.1) is 0 Å². The number of amides is 2. The average Bonchev–Trinajstić information content (AvgIpc) is 3.28. The van der Waals surface area contributed by atoms with Gasteiger partial charge in [0.05, 0.1) is 12.8 Å². The molecule has 2 aromatic rings. The van der Waals surface area contributed by atoms with Gasteiger partial charge in [0.2, 0.25) is 11.8 Å². The molecule has 0 saturated carbocycles. The first kappa shape index (κ1) is 18.9. The fourth-order valence-corrected chi connectivity index (χ4v) is 3.47. The summed E-state index contributed by atoms with van der Waals surface area (Å²) >= 11 is 0. The highest BCUT2D eigenvalue weighted by molar-refractivity contribution is 5.97. The van der Waals surface area contributed by atoms with Gasteiger partial charge in [0.1, 0.15) is 17.6 Å². The largest absolute Gasteiger partial charge is 0.497 e. The molecule has 1 aromatic carbocycles. The number of rotatable bonds is 6. The van der Waals surface area contributed by atoms with E-state index in [0.29, 0.717) is 31.5 Å². The third kappa shape index (κ3) is 4.30. The minimum atomic E-state index is -0.427. The molecular formula is C20H25N3O4. The molecule has 27 heavy (non-hydrogen) atoms. The zero-order valence-electron chi connectivity index (χ0n) is 15.9. The highest BCUT2D eigenvalue weighted by Gasteiger charge is 2.34. The van der Waals surface area contributed by atoms with E-state index in [1.807, 2.05) is 13.8 Å². The van der Waals surface area contributed by atoms with Gasteiger partial charge < -0.3 is 19.5 Å². The second kappa shape index (κ2) is 8.24. The van der Waals surface area contributed by atoms with E-state index in [1.165, 1.54) is 0 Å². The molecule has 3 rings (SSSR count). The number of carbonyl (C=O) groups excluding carboxylic acids is 2. The standard InChI is InChI=1S/C20H25N3O4/c1-13-17(14(2)27-22-13)10-11-19(24)23-12-4-5-18(23)20(25)21-15-6-8-16(26-3)9-7-15/h6-9,18H,4-5,10-12H2,1-3H3,(H,21,25). The van der Waals surface area contributed by atoms with Crippen molar-refractivity contribution in [2.24, 2.45) is 0 Å². The van der Waals surface area contributed by atoms with Gasteiger partial charge in [-0.2, -0.15) is 0 Å². The van der Waals surface area contributed by atoms with Crippen molar-refractivity contribution < 1.29 is 18.8 Å². The lowest BCUT2D eigenvalue weighted by Gasteiger charge is -2.24. The molecule has 0 radical (unpaired) electrons. The van der Waals surface area contributed by atoms with Crippen molar-refractivity contribution in [3.8, 4) is 5.75 Å². The number of likely N-dealkylation sites (tertiary alicyclic amines) is 1. The predicted molar refractivity (Wildman–Crippen MR) is 101 cm³/mol. The lowest BCUT2D eigenvalue weighted by Crippen LogP contribution is -2.43. The maximum atomic E-state index is 12.7.